The van der Waals surface area contributed by atoms with E-state index >= 15 is 0 Å². The summed E-state index contributed by atoms with van der Waals surface area (Å²) in [5.41, 5.74) is 0. The van der Waals surface area contributed by atoms with E-state index in [2.05, 4.69) is 5.32 Å². The van der Waals surface area contributed by atoms with Gasteiger partial charge in [-0.1, -0.05) is 0 Å². The average molecular weight is 252 g/mol. The van der Waals surface area contributed by atoms with Gasteiger partial charge in [0.1, 0.15) is 6.10 Å². The summed E-state index contributed by atoms with van der Waals surface area (Å²) in [6, 6.07) is 2.09. The van der Waals surface area contributed by atoms with Crippen molar-refractivity contribution in [3.63, 3.8) is 0 Å². The highest BCUT2D eigenvalue weighted by atomic mass is 16.5. The highest BCUT2D eigenvalue weighted by molar-refractivity contribution is 5.72. The molecule has 0 aliphatic heterocycles. The lowest BCUT2D eigenvalue weighted by Gasteiger charge is -2.29. The number of carboxylic acids is 1. The van der Waals surface area contributed by atoms with Gasteiger partial charge in [-0.2, -0.15) is 5.26 Å². The molecule has 0 aromatic carbocycles. The molecule has 0 heterocycles. The summed E-state index contributed by atoms with van der Waals surface area (Å²) < 4.78 is 5.26. The van der Waals surface area contributed by atoms with E-state index < -0.39 is 12.1 Å². The van der Waals surface area contributed by atoms with E-state index in [0.717, 1.165) is 19.3 Å². The summed E-state index contributed by atoms with van der Waals surface area (Å²) in [4.78, 5) is 11.3. The maximum absolute atomic E-state index is 11.3. The van der Waals surface area contributed by atoms with Crippen molar-refractivity contribution in [3.05, 3.63) is 0 Å². The van der Waals surface area contributed by atoms with Gasteiger partial charge in [-0.15, -0.1) is 0 Å². The Kier molecular flexibility index (Phi) is 4.20. The minimum atomic E-state index is -0.675. The fourth-order valence-corrected chi connectivity index (χ4v) is 3.44. The molecular formula is C13H20N2O3. The molecule has 0 spiro atoms. The first-order valence-electron chi connectivity index (χ1n) is 6.61. The van der Waals surface area contributed by atoms with Crippen LogP contribution >= 0.6 is 0 Å². The molecule has 5 atom stereocenters. The number of nitrogens with one attached hydrogen (secondary N) is 1. The molecule has 2 fully saturated rings. The molecule has 2 aliphatic carbocycles. The number of rotatable bonds is 6. The van der Waals surface area contributed by atoms with Gasteiger partial charge in [-0.25, -0.2) is 0 Å². The topological polar surface area (TPSA) is 82.3 Å². The molecule has 2 N–H and O–H groups in total. The zero-order chi connectivity index (χ0) is 13.1. The molecule has 5 nitrogen and oxygen atoms in total. The van der Waals surface area contributed by atoms with Crippen molar-refractivity contribution in [2.75, 3.05) is 13.2 Å². The van der Waals surface area contributed by atoms with Gasteiger partial charge in [-0.3, -0.25) is 4.79 Å². The lowest BCUT2D eigenvalue weighted by atomic mass is 9.84. The van der Waals surface area contributed by atoms with E-state index in [1.807, 2.05) is 6.07 Å². The van der Waals surface area contributed by atoms with Crippen LogP contribution in [0.5, 0.6) is 0 Å². The number of hydrogen-bond donors (Lipinski definition) is 2. The first-order chi connectivity index (χ1) is 8.63. The van der Waals surface area contributed by atoms with Gasteiger partial charge in [-0.05, 0) is 38.0 Å². The average Bonchev–Trinajstić information content (AvgIpc) is 2.94. The molecule has 2 saturated carbocycles. The molecule has 100 valence electrons. The number of carboxylic acid groups (broad SMARTS) is 1. The smallest absolute Gasteiger partial charge is 0.308 e. The van der Waals surface area contributed by atoms with Crippen LogP contribution in [0.2, 0.25) is 0 Å². The SMILES string of the molecule is CC(C#N)OCCNC1C2CCC(C2)C1C(=O)O. The Labute approximate surface area is 107 Å². The van der Waals surface area contributed by atoms with Crippen molar-refractivity contribution >= 4 is 5.97 Å². The van der Waals surface area contributed by atoms with Crippen molar-refractivity contribution in [3.8, 4) is 6.07 Å². The predicted octanol–water partition coefficient (Wildman–Crippen LogP) is 1.00. The molecule has 2 bridgehead atoms. The zero-order valence-corrected chi connectivity index (χ0v) is 10.6. The Balaban J connectivity index is 1.78. The van der Waals surface area contributed by atoms with Crippen LogP contribution in [0.25, 0.3) is 0 Å². The fourth-order valence-electron chi connectivity index (χ4n) is 3.44. The fraction of sp³-hybridized carbons (Fsp3) is 0.846. The number of nitrogens with zero attached hydrogens (tertiary/aromatic N) is 1. The van der Waals surface area contributed by atoms with Crippen molar-refractivity contribution in [2.24, 2.45) is 17.8 Å². The molecule has 0 aromatic rings. The Morgan fingerprint density at radius 1 is 1.56 bits per heavy atom. The Hall–Kier alpha value is -1.12. The van der Waals surface area contributed by atoms with Gasteiger partial charge in [0.05, 0.1) is 18.6 Å². The van der Waals surface area contributed by atoms with Crippen molar-refractivity contribution in [1.82, 2.24) is 5.32 Å². The lowest BCUT2D eigenvalue weighted by Crippen LogP contribution is -2.45. The molecule has 5 heteroatoms. The molecule has 0 saturated heterocycles. The Bertz CT molecular complexity index is 353. The van der Waals surface area contributed by atoms with Crippen LogP contribution < -0.4 is 5.32 Å². The first kappa shape index (κ1) is 13.3. The number of aliphatic carboxylic acids is 1. The van der Waals surface area contributed by atoms with Crippen LogP contribution in [0.3, 0.4) is 0 Å². The van der Waals surface area contributed by atoms with Gasteiger partial charge in [0, 0.05) is 12.6 Å². The van der Waals surface area contributed by atoms with Crippen LogP contribution in [0.1, 0.15) is 26.2 Å². The highest BCUT2D eigenvalue weighted by Gasteiger charge is 2.50. The van der Waals surface area contributed by atoms with Gasteiger partial charge in [0.15, 0.2) is 0 Å². The third kappa shape index (κ3) is 2.65. The summed E-state index contributed by atoms with van der Waals surface area (Å²) in [7, 11) is 0. The molecule has 18 heavy (non-hydrogen) atoms. The minimum absolute atomic E-state index is 0.0854. The summed E-state index contributed by atoms with van der Waals surface area (Å²) in [5.74, 6) is -0.0587. The Morgan fingerprint density at radius 3 is 2.94 bits per heavy atom. The maximum Gasteiger partial charge on any atom is 0.308 e. The Morgan fingerprint density at radius 2 is 2.28 bits per heavy atom. The van der Waals surface area contributed by atoms with Crippen LogP contribution in [-0.2, 0) is 9.53 Å². The van der Waals surface area contributed by atoms with E-state index in [-0.39, 0.29) is 12.0 Å². The summed E-state index contributed by atoms with van der Waals surface area (Å²) in [6.07, 6.45) is 2.84. The van der Waals surface area contributed by atoms with Crippen LogP contribution in [-0.4, -0.2) is 36.4 Å². The van der Waals surface area contributed by atoms with E-state index in [0.29, 0.717) is 25.0 Å². The highest BCUT2D eigenvalue weighted by Crippen LogP contribution is 2.48. The largest absolute Gasteiger partial charge is 0.481 e. The van der Waals surface area contributed by atoms with E-state index in [9.17, 15) is 9.90 Å². The standard InChI is InChI=1S/C13H20N2O3/c1-8(7-14)18-5-4-15-12-10-3-2-9(6-10)11(12)13(16)17/h8-12,15H,2-6H2,1H3,(H,16,17). The third-order valence-electron chi connectivity index (χ3n) is 4.23. The van der Waals surface area contributed by atoms with Gasteiger partial charge >= 0.3 is 5.97 Å². The number of carbonyl (C=O) groups is 1. The second kappa shape index (κ2) is 5.68. The normalized spacial score (nSPS) is 35.3. The predicted molar refractivity (Wildman–Crippen MR) is 64.8 cm³/mol. The number of hydrogen-bond acceptors (Lipinski definition) is 4. The molecule has 2 aliphatic rings. The molecular weight excluding hydrogens is 232 g/mol. The van der Waals surface area contributed by atoms with Gasteiger partial charge in [0.2, 0.25) is 0 Å². The summed E-state index contributed by atoms with van der Waals surface area (Å²) in [6.45, 7) is 2.77. The molecule has 2 rings (SSSR count). The molecule has 5 unspecified atom stereocenters. The van der Waals surface area contributed by atoms with Crippen molar-refractivity contribution in [2.45, 2.75) is 38.3 Å². The minimum Gasteiger partial charge on any atom is -0.481 e. The number of fused-ring (bicyclic) bond motifs is 2. The first-order valence-corrected chi connectivity index (χ1v) is 6.61. The van der Waals surface area contributed by atoms with Gasteiger partial charge < -0.3 is 15.2 Å². The molecule has 0 radical (unpaired) electrons. The monoisotopic (exact) mass is 252 g/mol. The van der Waals surface area contributed by atoms with Crippen molar-refractivity contribution in [1.29, 1.82) is 5.26 Å². The molecule has 0 aromatic heterocycles. The van der Waals surface area contributed by atoms with Crippen LogP contribution in [0.4, 0.5) is 0 Å². The van der Waals surface area contributed by atoms with E-state index in [1.165, 1.54) is 0 Å². The summed E-state index contributed by atoms with van der Waals surface area (Å²) >= 11 is 0. The quantitative estimate of drug-likeness (QED) is 0.689. The van der Waals surface area contributed by atoms with Crippen molar-refractivity contribution < 1.29 is 14.6 Å². The van der Waals surface area contributed by atoms with Gasteiger partial charge in [0.25, 0.3) is 0 Å². The third-order valence-corrected chi connectivity index (χ3v) is 4.23. The van der Waals surface area contributed by atoms with Crippen LogP contribution in [0, 0.1) is 29.1 Å². The number of ether oxygens (including phenoxy) is 1. The second-order valence-electron chi connectivity index (χ2n) is 5.32. The van der Waals surface area contributed by atoms with Crippen LogP contribution in [0.15, 0.2) is 0 Å². The molecule has 0 amide bonds. The summed E-state index contributed by atoms with van der Waals surface area (Å²) in [5, 5.41) is 21.2. The van der Waals surface area contributed by atoms with E-state index in [4.69, 9.17) is 10.00 Å². The maximum atomic E-state index is 11.3. The number of nitriles is 1. The zero-order valence-electron chi connectivity index (χ0n) is 10.6. The lowest BCUT2D eigenvalue weighted by molar-refractivity contribution is -0.144. The van der Waals surface area contributed by atoms with E-state index in [1.54, 1.807) is 6.92 Å². The second-order valence-corrected chi connectivity index (χ2v) is 5.32.